The van der Waals surface area contributed by atoms with Gasteiger partial charge in [-0.15, -0.1) is 6.92 Å². The molecule has 210 valence electrons. The number of rotatable bonds is 3. The van der Waals surface area contributed by atoms with Crippen LogP contribution < -0.4 is 0 Å². The largest absolute Gasteiger partial charge is 0.478 e. The normalized spacial score (nSPS) is 13.1. The Morgan fingerprint density at radius 3 is 0.975 bits per heavy atom. The summed E-state index contributed by atoms with van der Waals surface area (Å²) >= 11 is 0. The van der Waals surface area contributed by atoms with Gasteiger partial charge in [0.1, 0.15) is 17.5 Å². The zero-order valence-corrected chi connectivity index (χ0v) is 23.8. The average molecular weight is 589 g/mol. The third-order valence-electron chi connectivity index (χ3n) is 5.51. The van der Waals surface area contributed by atoms with Gasteiger partial charge in [0.2, 0.25) is 0 Å². The molecule has 1 atom stereocenters. The van der Waals surface area contributed by atoms with E-state index in [0.29, 0.717) is 5.92 Å². The van der Waals surface area contributed by atoms with Crippen molar-refractivity contribution in [3.63, 3.8) is 0 Å². The van der Waals surface area contributed by atoms with Crippen molar-refractivity contribution in [2.24, 2.45) is 5.92 Å². The van der Waals surface area contributed by atoms with Gasteiger partial charge in [0, 0.05) is 21.7 Å². The van der Waals surface area contributed by atoms with Crippen molar-refractivity contribution < 1.29 is 64.6 Å². The Morgan fingerprint density at radius 2 is 0.850 bits per heavy atom. The molecule has 3 N–H and O–H groups in total. The first kappa shape index (κ1) is 36.1. The molecule has 1 aliphatic rings. The van der Waals surface area contributed by atoms with Crippen LogP contribution in [0.1, 0.15) is 58.8 Å². The van der Waals surface area contributed by atoms with Crippen LogP contribution >= 0.6 is 0 Å². The van der Waals surface area contributed by atoms with Crippen molar-refractivity contribution in [2.75, 3.05) is 0 Å². The fourth-order valence-corrected chi connectivity index (χ4v) is 2.94. The molecule has 6 nitrogen and oxygen atoms in total. The zero-order valence-electron chi connectivity index (χ0n) is 22.2. The summed E-state index contributed by atoms with van der Waals surface area (Å²) in [6.45, 7) is 8.67. The molecule has 10 heteroatoms. The molecule has 1 unspecified atom stereocenters. The Kier molecular flexibility index (Phi) is 15.9. The van der Waals surface area contributed by atoms with Crippen molar-refractivity contribution >= 4 is 17.9 Å². The number of benzene rings is 3. The Bertz CT molecular complexity index is 1200. The van der Waals surface area contributed by atoms with Crippen molar-refractivity contribution in [3.8, 4) is 0 Å². The van der Waals surface area contributed by atoms with Gasteiger partial charge in [0.05, 0.1) is 16.7 Å². The average Bonchev–Trinajstić information content (AvgIpc) is 3.11. The van der Waals surface area contributed by atoms with Crippen LogP contribution in [0.2, 0.25) is 0 Å². The molecule has 3 aromatic carbocycles. The molecule has 0 fully saturated rings. The molecule has 4 rings (SSSR count). The van der Waals surface area contributed by atoms with E-state index >= 15 is 0 Å². The second-order valence-electron chi connectivity index (χ2n) is 8.24. The SMILES string of the molecule is CC1=[C-]C(C)C(C)=C1C.O=C(O)c1ccc(F)cc1.O=C(O)c1ccc(F)cc1.O=C(O)c1ccc(F)cc1.[Ti]. The van der Waals surface area contributed by atoms with E-state index in [9.17, 15) is 27.6 Å². The first-order valence-corrected chi connectivity index (χ1v) is 11.5. The van der Waals surface area contributed by atoms with Gasteiger partial charge in [-0.05, 0) is 72.8 Å². The number of carboxylic acids is 3. The molecular weight excluding hydrogens is 561 g/mol. The molecule has 0 spiro atoms. The van der Waals surface area contributed by atoms with E-state index in [0.717, 1.165) is 36.4 Å². The summed E-state index contributed by atoms with van der Waals surface area (Å²) in [4.78, 5) is 30.6. The fourth-order valence-electron chi connectivity index (χ4n) is 2.94. The number of carboxylic acid groups (broad SMARTS) is 3. The molecule has 0 radical (unpaired) electrons. The van der Waals surface area contributed by atoms with Crippen LogP contribution in [0.3, 0.4) is 0 Å². The van der Waals surface area contributed by atoms with Gasteiger partial charge in [-0.25, -0.2) is 33.1 Å². The molecular formula is C30H28F3O6Ti-. The minimum atomic E-state index is -1.04. The molecule has 40 heavy (non-hydrogen) atoms. The van der Waals surface area contributed by atoms with Gasteiger partial charge in [-0.2, -0.15) is 11.1 Å². The molecule has 0 heterocycles. The third-order valence-corrected chi connectivity index (χ3v) is 5.51. The fraction of sp³-hybridized carbons (Fsp3) is 0.167. The second kappa shape index (κ2) is 17.6. The number of carbonyl (C=O) groups is 3. The number of halogens is 3. The minimum Gasteiger partial charge on any atom is -0.478 e. The summed E-state index contributed by atoms with van der Waals surface area (Å²) in [6, 6.07) is 14.0. The Hall–Kier alpha value is -3.95. The van der Waals surface area contributed by atoms with Gasteiger partial charge in [-0.1, -0.05) is 26.7 Å². The van der Waals surface area contributed by atoms with E-state index in [-0.39, 0.29) is 38.4 Å². The van der Waals surface area contributed by atoms with E-state index in [1.165, 1.54) is 53.1 Å². The number of hydrogen-bond acceptors (Lipinski definition) is 3. The summed E-state index contributed by atoms with van der Waals surface area (Å²) in [5.74, 6) is -3.84. The molecule has 0 amide bonds. The molecule has 3 aromatic rings. The smallest absolute Gasteiger partial charge is 0.335 e. The van der Waals surface area contributed by atoms with Gasteiger partial charge < -0.3 is 15.3 Å². The van der Waals surface area contributed by atoms with Gasteiger partial charge in [0.15, 0.2) is 0 Å². The van der Waals surface area contributed by atoms with Crippen molar-refractivity contribution in [2.45, 2.75) is 27.7 Å². The van der Waals surface area contributed by atoms with E-state index in [4.69, 9.17) is 15.3 Å². The summed E-state index contributed by atoms with van der Waals surface area (Å²) in [6.07, 6.45) is 3.36. The second-order valence-corrected chi connectivity index (χ2v) is 8.24. The predicted octanol–water partition coefficient (Wildman–Crippen LogP) is 7.29. The summed E-state index contributed by atoms with van der Waals surface area (Å²) in [7, 11) is 0. The zero-order chi connectivity index (χ0) is 29.7. The Labute approximate surface area is 245 Å². The quantitative estimate of drug-likeness (QED) is 0.219. The summed E-state index contributed by atoms with van der Waals surface area (Å²) in [5, 5.41) is 25.1. The van der Waals surface area contributed by atoms with E-state index in [1.54, 1.807) is 0 Å². The summed E-state index contributed by atoms with van der Waals surface area (Å²) < 4.78 is 36.5. The third kappa shape index (κ3) is 12.7. The van der Waals surface area contributed by atoms with Gasteiger partial charge in [0.25, 0.3) is 0 Å². The monoisotopic (exact) mass is 589 g/mol. The molecule has 0 saturated heterocycles. The molecule has 0 aliphatic heterocycles. The van der Waals surface area contributed by atoms with E-state index < -0.39 is 35.4 Å². The Morgan fingerprint density at radius 1 is 0.600 bits per heavy atom. The standard InChI is InChI=1S/C9H13.3C7H5FO2.Ti/c1-6-5-7(2)9(4)8(6)3;3*8-6-3-1-5(2-4-6)7(9)10;/h6H,1-4H3;3*1-4H,(H,9,10);/q-1;;;;. The number of allylic oxidation sites excluding steroid dienone is 4. The van der Waals surface area contributed by atoms with E-state index in [2.05, 4.69) is 33.8 Å². The molecule has 0 aromatic heterocycles. The van der Waals surface area contributed by atoms with Crippen LogP contribution in [0, 0.1) is 29.4 Å². The first-order valence-electron chi connectivity index (χ1n) is 11.5. The van der Waals surface area contributed by atoms with Crippen LogP contribution in [0.5, 0.6) is 0 Å². The van der Waals surface area contributed by atoms with Crippen LogP contribution in [0.25, 0.3) is 0 Å². The maximum Gasteiger partial charge on any atom is 0.335 e. The maximum absolute atomic E-state index is 12.2. The topological polar surface area (TPSA) is 112 Å². The number of aromatic carboxylic acids is 3. The van der Waals surface area contributed by atoms with Crippen molar-refractivity contribution in [1.82, 2.24) is 0 Å². The number of hydrogen-bond donors (Lipinski definition) is 3. The van der Waals surface area contributed by atoms with Crippen LogP contribution in [-0.4, -0.2) is 33.2 Å². The molecule has 0 bridgehead atoms. The molecule has 0 saturated carbocycles. The van der Waals surface area contributed by atoms with Gasteiger partial charge in [-0.3, -0.25) is 6.08 Å². The Balaban J connectivity index is 0.000000503. The first-order chi connectivity index (χ1) is 18.2. The van der Waals surface area contributed by atoms with Crippen molar-refractivity contribution in [1.29, 1.82) is 0 Å². The van der Waals surface area contributed by atoms with Crippen LogP contribution in [0.15, 0.2) is 89.5 Å². The predicted molar refractivity (Wildman–Crippen MR) is 140 cm³/mol. The molecule has 1 aliphatic carbocycles. The minimum absolute atomic E-state index is 0. The summed E-state index contributed by atoms with van der Waals surface area (Å²) in [5.41, 5.74) is 4.54. The van der Waals surface area contributed by atoms with Gasteiger partial charge >= 0.3 is 17.9 Å². The van der Waals surface area contributed by atoms with Crippen LogP contribution in [-0.2, 0) is 21.7 Å². The maximum atomic E-state index is 12.2. The van der Waals surface area contributed by atoms with E-state index in [1.807, 2.05) is 0 Å². The van der Waals surface area contributed by atoms with Crippen molar-refractivity contribution in [3.05, 3.63) is 130 Å². The van der Waals surface area contributed by atoms with Crippen LogP contribution in [0.4, 0.5) is 13.2 Å².